The molecule has 0 atom stereocenters. The molecule has 1 aromatic rings. The van der Waals surface area contributed by atoms with Crippen molar-refractivity contribution in [1.82, 2.24) is 5.73 Å². The molecular formula is C11H9ClNO3. The Hall–Kier alpha value is -1.68. The summed E-state index contributed by atoms with van der Waals surface area (Å²) in [5.41, 5.74) is 7.20. The molecule has 1 N–H and O–H groups in total. The van der Waals surface area contributed by atoms with E-state index >= 15 is 0 Å². The summed E-state index contributed by atoms with van der Waals surface area (Å²) in [5.74, 6) is -1.49. The molecule has 5 heteroatoms. The lowest BCUT2D eigenvalue weighted by Crippen LogP contribution is -2.06. The molecule has 16 heavy (non-hydrogen) atoms. The van der Waals surface area contributed by atoms with E-state index in [1.54, 1.807) is 0 Å². The molecule has 1 aromatic carbocycles. The predicted octanol–water partition coefficient (Wildman–Crippen LogP) is 1.92. The first-order valence-electron chi connectivity index (χ1n) is 4.50. The van der Waals surface area contributed by atoms with Gasteiger partial charge in [-0.15, -0.1) is 0 Å². The summed E-state index contributed by atoms with van der Waals surface area (Å²) in [6, 6.07) is 4.00. The number of halogens is 1. The van der Waals surface area contributed by atoms with E-state index in [0.29, 0.717) is 0 Å². The molecular weight excluding hydrogens is 230 g/mol. The van der Waals surface area contributed by atoms with Gasteiger partial charge in [0.05, 0.1) is 17.0 Å². The lowest BCUT2D eigenvalue weighted by atomic mass is 10.0. The van der Waals surface area contributed by atoms with E-state index in [0.717, 1.165) is 0 Å². The number of carbonyl (C=O) groups is 3. The molecule has 0 heterocycles. The standard InChI is InChI=1S/C11H9ClNO3/c1-6(14)4-10(15)7-2-3-8(11(13)16)9(12)5-7/h2-3,5,13H,4H2,1H3. The van der Waals surface area contributed by atoms with Crippen LogP contribution in [0.5, 0.6) is 0 Å². The first-order valence-corrected chi connectivity index (χ1v) is 4.87. The highest BCUT2D eigenvalue weighted by molar-refractivity contribution is 6.34. The molecule has 0 bridgehead atoms. The molecule has 0 aliphatic rings. The molecule has 1 amide bonds. The highest BCUT2D eigenvalue weighted by Crippen LogP contribution is 2.18. The number of Topliss-reactive ketones (excluding diaryl/α,β-unsaturated/α-hetero) is 2. The van der Waals surface area contributed by atoms with Crippen LogP contribution in [0.3, 0.4) is 0 Å². The zero-order valence-corrected chi connectivity index (χ0v) is 9.30. The average Bonchev–Trinajstić information content (AvgIpc) is 2.15. The van der Waals surface area contributed by atoms with Crippen molar-refractivity contribution in [2.45, 2.75) is 13.3 Å². The normalized spacial score (nSPS) is 9.88. The Bertz CT molecular complexity index is 468. The summed E-state index contributed by atoms with van der Waals surface area (Å²) in [7, 11) is 0. The van der Waals surface area contributed by atoms with Gasteiger partial charge in [0, 0.05) is 5.56 Å². The zero-order valence-electron chi connectivity index (χ0n) is 8.54. The van der Waals surface area contributed by atoms with Gasteiger partial charge in [-0.25, -0.2) is 0 Å². The topological polar surface area (TPSA) is 75.0 Å². The Morgan fingerprint density at radius 2 is 1.94 bits per heavy atom. The van der Waals surface area contributed by atoms with Gasteiger partial charge < -0.3 is 0 Å². The third-order valence-electron chi connectivity index (χ3n) is 1.95. The van der Waals surface area contributed by atoms with Crippen LogP contribution in [-0.4, -0.2) is 17.5 Å². The van der Waals surface area contributed by atoms with Crippen molar-refractivity contribution >= 4 is 29.1 Å². The summed E-state index contributed by atoms with van der Waals surface area (Å²) < 4.78 is 0. The first kappa shape index (κ1) is 12.4. The van der Waals surface area contributed by atoms with Gasteiger partial charge in [0.2, 0.25) is 0 Å². The number of benzene rings is 1. The van der Waals surface area contributed by atoms with Gasteiger partial charge in [-0.3, -0.25) is 20.1 Å². The fraction of sp³-hybridized carbons (Fsp3) is 0.182. The monoisotopic (exact) mass is 238 g/mol. The van der Waals surface area contributed by atoms with E-state index < -0.39 is 5.91 Å². The second-order valence-electron chi connectivity index (χ2n) is 3.33. The van der Waals surface area contributed by atoms with Crippen molar-refractivity contribution in [2.24, 2.45) is 0 Å². The Balaban J connectivity index is 3.01. The molecule has 1 rings (SSSR count). The predicted molar refractivity (Wildman–Crippen MR) is 58.5 cm³/mol. The SMILES string of the molecule is CC(=O)CC(=O)c1ccc(C([NH])=O)c(Cl)c1. The lowest BCUT2D eigenvalue weighted by molar-refractivity contribution is -0.116. The average molecular weight is 239 g/mol. The molecule has 0 aromatic heterocycles. The number of carbonyl (C=O) groups excluding carboxylic acids is 3. The summed E-state index contributed by atoms with van der Waals surface area (Å²) in [6.07, 6.45) is -0.190. The van der Waals surface area contributed by atoms with Gasteiger partial charge in [0.25, 0.3) is 5.91 Å². The summed E-state index contributed by atoms with van der Waals surface area (Å²) >= 11 is 5.73. The number of hydrogen-bond acceptors (Lipinski definition) is 3. The van der Waals surface area contributed by atoms with Gasteiger partial charge in [-0.2, -0.15) is 0 Å². The lowest BCUT2D eigenvalue weighted by Gasteiger charge is -2.02. The Morgan fingerprint density at radius 1 is 1.31 bits per heavy atom. The number of hydrogen-bond donors (Lipinski definition) is 0. The van der Waals surface area contributed by atoms with E-state index in [9.17, 15) is 14.4 Å². The summed E-state index contributed by atoms with van der Waals surface area (Å²) in [5, 5.41) is 0.0504. The maximum atomic E-state index is 11.5. The third-order valence-corrected chi connectivity index (χ3v) is 2.26. The van der Waals surface area contributed by atoms with Gasteiger partial charge in [-0.1, -0.05) is 17.7 Å². The zero-order chi connectivity index (χ0) is 12.3. The van der Waals surface area contributed by atoms with Crippen molar-refractivity contribution in [3.05, 3.63) is 34.3 Å². The molecule has 0 fully saturated rings. The number of amides is 1. The number of nitrogens with one attached hydrogen (secondary N) is 1. The van der Waals surface area contributed by atoms with Crippen LogP contribution >= 0.6 is 11.6 Å². The minimum atomic E-state index is -0.907. The second-order valence-corrected chi connectivity index (χ2v) is 3.73. The largest absolute Gasteiger partial charge is 0.300 e. The Labute approximate surface area is 97.4 Å². The molecule has 1 radical (unpaired) electrons. The molecule has 0 aliphatic carbocycles. The molecule has 0 aliphatic heterocycles. The fourth-order valence-corrected chi connectivity index (χ4v) is 1.47. The van der Waals surface area contributed by atoms with Crippen LogP contribution in [0.15, 0.2) is 18.2 Å². The van der Waals surface area contributed by atoms with E-state index in [4.69, 9.17) is 17.3 Å². The van der Waals surface area contributed by atoms with Crippen LogP contribution in [-0.2, 0) is 4.79 Å². The van der Waals surface area contributed by atoms with Crippen molar-refractivity contribution in [3.8, 4) is 0 Å². The first-order chi connectivity index (χ1) is 7.41. The minimum Gasteiger partial charge on any atom is -0.300 e. The van der Waals surface area contributed by atoms with Crippen LogP contribution in [0, 0.1) is 0 Å². The van der Waals surface area contributed by atoms with Crippen molar-refractivity contribution in [2.75, 3.05) is 0 Å². The maximum Gasteiger partial charge on any atom is 0.271 e. The second kappa shape index (κ2) is 4.90. The molecule has 4 nitrogen and oxygen atoms in total. The molecule has 0 unspecified atom stereocenters. The van der Waals surface area contributed by atoms with Crippen molar-refractivity contribution < 1.29 is 14.4 Å². The minimum absolute atomic E-state index is 0.0426. The van der Waals surface area contributed by atoms with Crippen LogP contribution in [0.4, 0.5) is 0 Å². The summed E-state index contributed by atoms with van der Waals surface area (Å²) in [6.45, 7) is 1.32. The van der Waals surface area contributed by atoms with E-state index in [1.165, 1.54) is 25.1 Å². The Kier molecular flexibility index (Phi) is 3.79. The van der Waals surface area contributed by atoms with Crippen molar-refractivity contribution in [1.29, 1.82) is 0 Å². The van der Waals surface area contributed by atoms with Crippen LogP contribution in [0.2, 0.25) is 5.02 Å². The number of rotatable bonds is 4. The van der Waals surface area contributed by atoms with Gasteiger partial charge in [-0.05, 0) is 19.1 Å². The van der Waals surface area contributed by atoms with Crippen LogP contribution in [0.25, 0.3) is 0 Å². The quantitative estimate of drug-likeness (QED) is 0.594. The smallest absolute Gasteiger partial charge is 0.271 e. The van der Waals surface area contributed by atoms with Crippen LogP contribution in [0.1, 0.15) is 34.1 Å². The Morgan fingerprint density at radius 3 is 2.38 bits per heavy atom. The van der Waals surface area contributed by atoms with Gasteiger partial charge >= 0.3 is 0 Å². The molecule has 0 saturated heterocycles. The van der Waals surface area contributed by atoms with Gasteiger partial charge in [0.15, 0.2) is 5.78 Å². The molecule has 0 saturated carbocycles. The van der Waals surface area contributed by atoms with Gasteiger partial charge in [0.1, 0.15) is 5.78 Å². The van der Waals surface area contributed by atoms with E-state index in [2.05, 4.69) is 0 Å². The fourth-order valence-electron chi connectivity index (χ4n) is 1.20. The number of ketones is 2. The van der Waals surface area contributed by atoms with Crippen LogP contribution < -0.4 is 5.73 Å². The molecule has 83 valence electrons. The summed E-state index contributed by atoms with van der Waals surface area (Å²) in [4.78, 5) is 33.0. The van der Waals surface area contributed by atoms with E-state index in [-0.39, 0.29) is 34.1 Å². The van der Waals surface area contributed by atoms with Crippen molar-refractivity contribution in [3.63, 3.8) is 0 Å². The highest BCUT2D eigenvalue weighted by Gasteiger charge is 2.13. The molecule has 0 spiro atoms. The third kappa shape index (κ3) is 2.90. The maximum absolute atomic E-state index is 11.5. The highest BCUT2D eigenvalue weighted by atomic mass is 35.5. The van der Waals surface area contributed by atoms with E-state index in [1.807, 2.05) is 0 Å².